The average Bonchev–Trinajstić information content (AvgIpc) is 2.79. The van der Waals surface area contributed by atoms with Gasteiger partial charge < -0.3 is 5.32 Å². The van der Waals surface area contributed by atoms with Crippen LogP contribution in [-0.2, 0) is 4.79 Å². The maximum atomic E-state index is 11.5. The zero-order valence-electron chi connectivity index (χ0n) is 7.13. The fourth-order valence-electron chi connectivity index (χ4n) is 2.10. The Labute approximate surface area is 71.8 Å². The van der Waals surface area contributed by atoms with Crippen LogP contribution in [0.5, 0.6) is 0 Å². The van der Waals surface area contributed by atoms with E-state index in [9.17, 15) is 4.79 Å². The maximum Gasteiger partial charge on any atom is 0.241 e. The molecular weight excluding hydrogens is 152 g/mol. The fraction of sp³-hybridized carbons (Fsp3) is 0.778. The van der Waals surface area contributed by atoms with Gasteiger partial charge in [-0.15, -0.1) is 0 Å². The SMILES string of the molecule is C[C@H]1C[C@@](C#N)(C2CC2)C(=O)N1. The van der Waals surface area contributed by atoms with E-state index in [1.54, 1.807) is 0 Å². The highest BCUT2D eigenvalue weighted by atomic mass is 16.2. The minimum Gasteiger partial charge on any atom is -0.352 e. The van der Waals surface area contributed by atoms with Gasteiger partial charge in [-0.3, -0.25) is 4.79 Å². The molecule has 0 aromatic heterocycles. The van der Waals surface area contributed by atoms with E-state index in [1.807, 2.05) is 6.92 Å². The third-order valence-corrected chi connectivity index (χ3v) is 2.88. The van der Waals surface area contributed by atoms with Crippen molar-refractivity contribution in [3.63, 3.8) is 0 Å². The van der Waals surface area contributed by atoms with Gasteiger partial charge in [-0.1, -0.05) is 0 Å². The molecular formula is C9H12N2O. The van der Waals surface area contributed by atoms with Gasteiger partial charge in [0.25, 0.3) is 0 Å². The van der Waals surface area contributed by atoms with Crippen LogP contribution in [0.25, 0.3) is 0 Å². The molecule has 0 spiro atoms. The Kier molecular flexibility index (Phi) is 1.41. The zero-order chi connectivity index (χ0) is 8.77. The van der Waals surface area contributed by atoms with Gasteiger partial charge in [-0.25, -0.2) is 0 Å². The summed E-state index contributed by atoms with van der Waals surface area (Å²) in [6.07, 6.45) is 2.80. The number of carbonyl (C=O) groups is 1. The molecule has 1 saturated carbocycles. The van der Waals surface area contributed by atoms with E-state index in [1.165, 1.54) is 0 Å². The number of nitrogens with one attached hydrogen (secondary N) is 1. The largest absolute Gasteiger partial charge is 0.352 e. The van der Waals surface area contributed by atoms with Crippen molar-refractivity contribution in [2.24, 2.45) is 11.3 Å². The molecule has 1 saturated heterocycles. The highest BCUT2D eigenvalue weighted by Gasteiger charge is 2.55. The molecule has 2 fully saturated rings. The van der Waals surface area contributed by atoms with Crippen LogP contribution >= 0.6 is 0 Å². The first-order valence-corrected chi connectivity index (χ1v) is 4.41. The van der Waals surface area contributed by atoms with Crippen LogP contribution in [0.1, 0.15) is 26.2 Å². The van der Waals surface area contributed by atoms with Crippen LogP contribution in [0.4, 0.5) is 0 Å². The minimum absolute atomic E-state index is 0.0417. The van der Waals surface area contributed by atoms with Crippen molar-refractivity contribution in [3.05, 3.63) is 0 Å². The van der Waals surface area contributed by atoms with Crippen LogP contribution in [0, 0.1) is 22.7 Å². The molecule has 64 valence electrons. The van der Waals surface area contributed by atoms with Crippen molar-refractivity contribution in [2.75, 3.05) is 0 Å². The molecule has 2 rings (SSSR count). The van der Waals surface area contributed by atoms with E-state index < -0.39 is 5.41 Å². The lowest BCUT2D eigenvalue weighted by Crippen LogP contribution is -2.32. The second-order valence-corrected chi connectivity index (χ2v) is 3.94. The molecule has 0 aromatic rings. The van der Waals surface area contributed by atoms with Crippen molar-refractivity contribution in [2.45, 2.75) is 32.2 Å². The lowest BCUT2D eigenvalue weighted by Gasteiger charge is -2.15. The maximum absolute atomic E-state index is 11.5. The Bertz CT molecular complexity index is 264. The first-order valence-electron chi connectivity index (χ1n) is 4.41. The van der Waals surface area contributed by atoms with E-state index in [0.29, 0.717) is 12.3 Å². The quantitative estimate of drug-likeness (QED) is 0.623. The van der Waals surface area contributed by atoms with Crippen LogP contribution in [0.15, 0.2) is 0 Å². The minimum atomic E-state index is -0.667. The predicted molar refractivity (Wildman–Crippen MR) is 43.0 cm³/mol. The van der Waals surface area contributed by atoms with E-state index in [-0.39, 0.29) is 11.9 Å². The van der Waals surface area contributed by atoms with Crippen molar-refractivity contribution in [1.29, 1.82) is 5.26 Å². The van der Waals surface area contributed by atoms with Crippen molar-refractivity contribution < 1.29 is 4.79 Å². The Morgan fingerprint density at radius 2 is 2.33 bits per heavy atom. The molecule has 0 radical (unpaired) electrons. The van der Waals surface area contributed by atoms with Crippen LogP contribution < -0.4 is 5.32 Å². The molecule has 2 aliphatic rings. The van der Waals surface area contributed by atoms with Crippen molar-refractivity contribution in [3.8, 4) is 6.07 Å². The molecule has 0 bridgehead atoms. The summed E-state index contributed by atoms with van der Waals surface area (Å²) in [6.45, 7) is 1.96. The fourth-order valence-corrected chi connectivity index (χ4v) is 2.10. The number of hydrogen-bond acceptors (Lipinski definition) is 2. The van der Waals surface area contributed by atoms with Gasteiger partial charge in [-0.05, 0) is 32.1 Å². The Morgan fingerprint density at radius 3 is 2.67 bits per heavy atom. The Balaban J connectivity index is 2.28. The second-order valence-electron chi connectivity index (χ2n) is 3.94. The monoisotopic (exact) mass is 164 g/mol. The smallest absolute Gasteiger partial charge is 0.241 e. The molecule has 1 heterocycles. The highest BCUT2D eigenvalue weighted by molar-refractivity contribution is 5.88. The van der Waals surface area contributed by atoms with E-state index in [4.69, 9.17) is 5.26 Å². The summed E-state index contributed by atoms with van der Waals surface area (Å²) in [5.41, 5.74) is -0.667. The lowest BCUT2D eigenvalue weighted by atomic mass is 9.81. The Morgan fingerprint density at radius 1 is 1.67 bits per heavy atom. The molecule has 12 heavy (non-hydrogen) atoms. The summed E-state index contributed by atoms with van der Waals surface area (Å²) < 4.78 is 0. The first-order chi connectivity index (χ1) is 5.69. The van der Waals surface area contributed by atoms with Gasteiger partial charge in [0.15, 0.2) is 0 Å². The summed E-state index contributed by atoms with van der Waals surface area (Å²) in [6, 6.07) is 2.39. The third kappa shape index (κ3) is 0.842. The number of nitrogens with zero attached hydrogens (tertiary/aromatic N) is 1. The van der Waals surface area contributed by atoms with Crippen LogP contribution in [0.3, 0.4) is 0 Å². The molecule has 0 unspecified atom stereocenters. The van der Waals surface area contributed by atoms with Crippen LogP contribution in [-0.4, -0.2) is 11.9 Å². The second kappa shape index (κ2) is 2.22. The molecule has 1 N–H and O–H groups in total. The van der Waals surface area contributed by atoms with Gasteiger partial charge in [-0.2, -0.15) is 5.26 Å². The molecule has 2 atom stereocenters. The third-order valence-electron chi connectivity index (χ3n) is 2.88. The van der Waals surface area contributed by atoms with E-state index in [0.717, 1.165) is 12.8 Å². The number of carbonyl (C=O) groups excluding carboxylic acids is 1. The number of hydrogen-bond donors (Lipinski definition) is 1. The number of rotatable bonds is 1. The zero-order valence-corrected chi connectivity index (χ0v) is 7.13. The molecule has 1 aliphatic carbocycles. The summed E-state index contributed by atoms with van der Waals surface area (Å²) in [5, 5.41) is 11.8. The van der Waals surface area contributed by atoms with Crippen molar-refractivity contribution in [1.82, 2.24) is 5.32 Å². The molecule has 0 aromatic carbocycles. The predicted octanol–water partition coefficient (Wildman–Crippen LogP) is 0.815. The van der Waals surface area contributed by atoms with Gasteiger partial charge in [0.2, 0.25) is 5.91 Å². The van der Waals surface area contributed by atoms with E-state index >= 15 is 0 Å². The molecule has 1 aliphatic heterocycles. The van der Waals surface area contributed by atoms with Gasteiger partial charge in [0, 0.05) is 6.04 Å². The van der Waals surface area contributed by atoms with Gasteiger partial charge in [0.1, 0.15) is 5.41 Å². The highest BCUT2D eigenvalue weighted by Crippen LogP contribution is 2.50. The average molecular weight is 164 g/mol. The topological polar surface area (TPSA) is 52.9 Å². The summed E-state index contributed by atoms with van der Waals surface area (Å²) in [5.74, 6) is 0.299. The summed E-state index contributed by atoms with van der Waals surface area (Å²) in [4.78, 5) is 11.5. The van der Waals surface area contributed by atoms with Crippen LogP contribution in [0.2, 0.25) is 0 Å². The normalized spacial score (nSPS) is 40.7. The number of amides is 1. The number of nitriles is 1. The standard InChI is InChI=1S/C9H12N2O/c1-6-4-9(5-10,7-2-3-7)8(12)11-6/h6-7H,2-4H2,1H3,(H,11,12)/t6-,9+/m0/s1. The molecule has 3 heteroatoms. The lowest BCUT2D eigenvalue weighted by molar-refractivity contribution is -0.126. The van der Waals surface area contributed by atoms with Crippen molar-refractivity contribution >= 4 is 5.91 Å². The van der Waals surface area contributed by atoms with E-state index in [2.05, 4.69) is 11.4 Å². The Hall–Kier alpha value is -1.04. The molecule has 1 amide bonds. The first kappa shape index (κ1) is 7.60. The summed E-state index contributed by atoms with van der Waals surface area (Å²) >= 11 is 0. The molecule has 3 nitrogen and oxygen atoms in total. The van der Waals surface area contributed by atoms with Gasteiger partial charge >= 0.3 is 0 Å². The van der Waals surface area contributed by atoms with Gasteiger partial charge in [0.05, 0.1) is 6.07 Å². The summed E-state index contributed by atoms with van der Waals surface area (Å²) in [7, 11) is 0.